The van der Waals surface area contributed by atoms with Gasteiger partial charge >= 0.3 is 6.09 Å². The van der Waals surface area contributed by atoms with Gasteiger partial charge in [0.05, 0.1) is 6.33 Å². The average molecular weight is 269 g/mol. The van der Waals surface area contributed by atoms with E-state index < -0.39 is 17.6 Å². The van der Waals surface area contributed by atoms with E-state index in [9.17, 15) is 9.59 Å². The Morgan fingerprint density at radius 2 is 2.11 bits per heavy atom. The maximum absolute atomic E-state index is 11.3. The molecule has 5 N–H and O–H groups in total. The van der Waals surface area contributed by atoms with Crippen LogP contribution in [0.3, 0.4) is 0 Å². The lowest BCUT2D eigenvalue weighted by Gasteiger charge is -2.19. The molecule has 0 atom stereocenters. The van der Waals surface area contributed by atoms with Crippen LogP contribution in [-0.2, 0) is 4.74 Å². The number of primary amides is 1. The molecule has 8 nitrogen and oxygen atoms in total. The van der Waals surface area contributed by atoms with E-state index in [1.165, 1.54) is 6.33 Å². The first-order chi connectivity index (χ1) is 8.79. The van der Waals surface area contributed by atoms with Crippen LogP contribution >= 0.6 is 0 Å². The molecule has 2 amide bonds. The number of carbonyl (C=O) groups is 2. The molecular weight excluding hydrogens is 250 g/mol. The molecule has 0 spiro atoms. The SMILES string of the molecule is CC(C)(C)OC(=O)NCCNc1nc[nH]c1C(N)=O. The average Bonchev–Trinajstić information content (AvgIpc) is 2.70. The summed E-state index contributed by atoms with van der Waals surface area (Å²) < 4.78 is 5.06. The van der Waals surface area contributed by atoms with Gasteiger partial charge in [-0.15, -0.1) is 0 Å². The lowest BCUT2D eigenvalue weighted by Crippen LogP contribution is -2.35. The van der Waals surface area contributed by atoms with Gasteiger partial charge in [-0.1, -0.05) is 0 Å². The van der Waals surface area contributed by atoms with Gasteiger partial charge in [0.1, 0.15) is 11.3 Å². The van der Waals surface area contributed by atoms with Crippen molar-refractivity contribution in [1.29, 1.82) is 0 Å². The quantitative estimate of drug-likeness (QED) is 0.578. The van der Waals surface area contributed by atoms with Crippen LogP contribution in [0.1, 0.15) is 31.3 Å². The molecule has 106 valence electrons. The van der Waals surface area contributed by atoms with Crippen LogP contribution in [0, 0.1) is 0 Å². The first-order valence-corrected chi connectivity index (χ1v) is 5.83. The van der Waals surface area contributed by atoms with Crippen molar-refractivity contribution in [3.63, 3.8) is 0 Å². The number of hydrogen-bond acceptors (Lipinski definition) is 5. The molecule has 0 aliphatic heterocycles. The van der Waals surface area contributed by atoms with Gasteiger partial charge in [-0.05, 0) is 20.8 Å². The molecule has 0 fully saturated rings. The van der Waals surface area contributed by atoms with Gasteiger partial charge in [0.2, 0.25) is 0 Å². The summed E-state index contributed by atoms with van der Waals surface area (Å²) in [5.41, 5.74) is 4.82. The third-order valence-electron chi connectivity index (χ3n) is 1.97. The first kappa shape index (κ1) is 14.8. The standard InChI is InChI=1S/C11H19N5O3/c1-11(2,3)19-10(18)14-5-4-13-9-7(8(12)17)15-6-16-9/h6,13H,4-5H2,1-3H3,(H2,12,17)(H,14,18)(H,15,16). The summed E-state index contributed by atoms with van der Waals surface area (Å²) in [6, 6.07) is 0. The molecule has 0 saturated carbocycles. The molecule has 1 aromatic heterocycles. The molecule has 19 heavy (non-hydrogen) atoms. The predicted molar refractivity (Wildman–Crippen MR) is 69.8 cm³/mol. The van der Waals surface area contributed by atoms with Crippen LogP contribution in [0.25, 0.3) is 0 Å². The number of nitrogens with zero attached hydrogens (tertiary/aromatic N) is 1. The fourth-order valence-electron chi connectivity index (χ4n) is 1.28. The van der Waals surface area contributed by atoms with E-state index in [1.807, 2.05) is 0 Å². The van der Waals surface area contributed by atoms with Crippen LogP contribution in [0.4, 0.5) is 10.6 Å². The summed E-state index contributed by atoms with van der Waals surface area (Å²) in [6.07, 6.45) is 0.871. The zero-order valence-corrected chi connectivity index (χ0v) is 11.2. The lowest BCUT2D eigenvalue weighted by atomic mass is 10.2. The van der Waals surface area contributed by atoms with Crippen molar-refractivity contribution >= 4 is 17.8 Å². The third kappa shape index (κ3) is 5.28. The molecule has 0 bridgehead atoms. The van der Waals surface area contributed by atoms with Crippen molar-refractivity contribution in [2.75, 3.05) is 18.4 Å². The number of aromatic amines is 1. The maximum Gasteiger partial charge on any atom is 0.407 e. The monoisotopic (exact) mass is 269 g/mol. The number of alkyl carbamates (subject to hydrolysis) is 1. The number of imidazole rings is 1. The fraction of sp³-hybridized carbons (Fsp3) is 0.545. The topological polar surface area (TPSA) is 122 Å². The second-order valence-electron chi connectivity index (χ2n) is 4.85. The summed E-state index contributed by atoms with van der Waals surface area (Å²) >= 11 is 0. The van der Waals surface area contributed by atoms with E-state index in [2.05, 4.69) is 20.6 Å². The number of H-pyrrole nitrogens is 1. The van der Waals surface area contributed by atoms with Crippen LogP contribution in [-0.4, -0.2) is 40.7 Å². The van der Waals surface area contributed by atoms with Gasteiger partial charge in [0, 0.05) is 13.1 Å². The van der Waals surface area contributed by atoms with Crippen molar-refractivity contribution in [1.82, 2.24) is 15.3 Å². The molecule has 0 aliphatic carbocycles. The van der Waals surface area contributed by atoms with Crippen molar-refractivity contribution < 1.29 is 14.3 Å². The second kappa shape index (κ2) is 6.07. The Hall–Kier alpha value is -2.25. The number of aromatic nitrogens is 2. The molecule has 0 aliphatic rings. The largest absolute Gasteiger partial charge is 0.444 e. The summed E-state index contributed by atoms with van der Waals surface area (Å²) in [4.78, 5) is 28.9. The van der Waals surface area contributed by atoms with Gasteiger partial charge < -0.3 is 26.1 Å². The highest BCUT2D eigenvalue weighted by Gasteiger charge is 2.15. The van der Waals surface area contributed by atoms with Gasteiger partial charge in [0.15, 0.2) is 5.82 Å². The maximum atomic E-state index is 11.3. The normalized spacial score (nSPS) is 10.9. The Morgan fingerprint density at radius 1 is 1.42 bits per heavy atom. The summed E-state index contributed by atoms with van der Waals surface area (Å²) in [5.74, 6) is -0.237. The van der Waals surface area contributed by atoms with E-state index in [0.717, 1.165) is 0 Å². The Balaban J connectivity index is 2.30. The van der Waals surface area contributed by atoms with Crippen molar-refractivity contribution in [2.24, 2.45) is 5.73 Å². The van der Waals surface area contributed by atoms with Gasteiger partial charge in [-0.3, -0.25) is 4.79 Å². The highest BCUT2D eigenvalue weighted by Crippen LogP contribution is 2.07. The predicted octanol–water partition coefficient (Wildman–Crippen LogP) is 0.445. The van der Waals surface area contributed by atoms with Crippen molar-refractivity contribution in [3.8, 4) is 0 Å². The van der Waals surface area contributed by atoms with Crippen molar-refractivity contribution in [2.45, 2.75) is 26.4 Å². The smallest absolute Gasteiger partial charge is 0.407 e. The molecule has 0 aromatic carbocycles. The Labute approximate surface area is 111 Å². The molecule has 8 heteroatoms. The lowest BCUT2D eigenvalue weighted by molar-refractivity contribution is 0.0530. The number of carbonyl (C=O) groups excluding carboxylic acids is 2. The molecule has 0 radical (unpaired) electrons. The number of ether oxygens (including phenoxy) is 1. The fourth-order valence-corrected chi connectivity index (χ4v) is 1.28. The van der Waals surface area contributed by atoms with Crippen molar-refractivity contribution in [3.05, 3.63) is 12.0 Å². The number of hydrogen-bond donors (Lipinski definition) is 4. The minimum atomic E-state index is -0.597. The van der Waals surface area contributed by atoms with Crippen LogP contribution in [0.5, 0.6) is 0 Å². The van der Waals surface area contributed by atoms with E-state index in [-0.39, 0.29) is 5.69 Å². The Kier molecular flexibility index (Phi) is 4.74. The van der Waals surface area contributed by atoms with E-state index in [1.54, 1.807) is 20.8 Å². The zero-order chi connectivity index (χ0) is 14.5. The second-order valence-corrected chi connectivity index (χ2v) is 4.85. The Morgan fingerprint density at radius 3 is 2.68 bits per heavy atom. The zero-order valence-electron chi connectivity index (χ0n) is 11.2. The number of anilines is 1. The Bertz CT molecular complexity index is 449. The highest BCUT2D eigenvalue weighted by molar-refractivity contribution is 5.95. The van der Waals surface area contributed by atoms with E-state index in [4.69, 9.17) is 10.5 Å². The first-order valence-electron chi connectivity index (χ1n) is 5.83. The molecular formula is C11H19N5O3. The van der Waals surface area contributed by atoms with Gasteiger partial charge in [0.25, 0.3) is 5.91 Å². The minimum absolute atomic E-state index is 0.206. The summed E-state index contributed by atoms with van der Waals surface area (Å²) in [6.45, 7) is 6.08. The van der Waals surface area contributed by atoms with Crippen LogP contribution in [0.2, 0.25) is 0 Å². The van der Waals surface area contributed by atoms with E-state index in [0.29, 0.717) is 18.9 Å². The highest BCUT2D eigenvalue weighted by atomic mass is 16.6. The number of amides is 2. The molecule has 0 unspecified atom stereocenters. The number of nitrogens with two attached hydrogens (primary N) is 1. The van der Waals surface area contributed by atoms with Crippen LogP contribution < -0.4 is 16.4 Å². The molecule has 1 aromatic rings. The third-order valence-corrected chi connectivity index (χ3v) is 1.97. The number of rotatable bonds is 5. The van der Waals surface area contributed by atoms with Crippen LogP contribution in [0.15, 0.2) is 6.33 Å². The van der Waals surface area contributed by atoms with Gasteiger partial charge in [-0.25, -0.2) is 9.78 Å². The van der Waals surface area contributed by atoms with Gasteiger partial charge in [-0.2, -0.15) is 0 Å². The summed E-state index contributed by atoms with van der Waals surface area (Å²) in [5, 5.41) is 5.45. The molecule has 1 heterocycles. The summed E-state index contributed by atoms with van der Waals surface area (Å²) in [7, 11) is 0. The van der Waals surface area contributed by atoms with E-state index >= 15 is 0 Å². The minimum Gasteiger partial charge on any atom is -0.444 e. The molecule has 1 rings (SSSR count). The molecule has 0 saturated heterocycles. The number of nitrogens with one attached hydrogen (secondary N) is 3.